The van der Waals surface area contributed by atoms with E-state index in [-0.39, 0.29) is 11.4 Å². The molecule has 0 atom stereocenters. The Hall–Kier alpha value is -2.30. The number of sulfone groups is 1. The van der Waals surface area contributed by atoms with Gasteiger partial charge in [-0.3, -0.25) is 0 Å². The van der Waals surface area contributed by atoms with Crippen LogP contribution in [-0.2, 0) is 20.8 Å². The van der Waals surface area contributed by atoms with Crippen molar-refractivity contribution in [3.8, 4) is 11.3 Å². The van der Waals surface area contributed by atoms with Crippen LogP contribution >= 0.6 is 0 Å². The highest BCUT2D eigenvalue weighted by Crippen LogP contribution is 2.36. The molecule has 0 bridgehead atoms. The SMILES string of the molecule is CC(C)(c1cc(-c2cnc(N)nc2C(F)(F)F)ncn1)S(C)(=O)=O. The van der Waals surface area contributed by atoms with E-state index in [0.29, 0.717) is 0 Å². The average Bonchev–Trinajstić information content (AvgIpc) is 2.45. The molecular weight excluding hydrogens is 347 g/mol. The van der Waals surface area contributed by atoms with Gasteiger partial charge in [-0.1, -0.05) is 0 Å². The fraction of sp³-hybridized carbons (Fsp3) is 0.385. The highest BCUT2D eigenvalue weighted by atomic mass is 32.2. The van der Waals surface area contributed by atoms with E-state index in [2.05, 4.69) is 19.9 Å². The average molecular weight is 361 g/mol. The monoisotopic (exact) mass is 361 g/mol. The van der Waals surface area contributed by atoms with E-state index in [1.54, 1.807) is 0 Å². The summed E-state index contributed by atoms with van der Waals surface area (Å²) in [4.78, 5) is 14.4. The van der Waals surface area contributed by atoms with Crippen LogP contribution in [0.2, 0.25) is 0 Å². The smallest absolute Gasteiger partial charge is 0.368 e. The van der Waals surface area contributed by atoms with Crippen molar-refractivity contribution < 1.29 is 21.6 Å². The van der Waals surface area contributed by atoms with Gasteiger partial charge in [0.15, 0.2) is 15.5 Å². The highest BCUT2D eigenvalue weighted by Gasteiger charge is 2.38. The van der Waals surface area contributed by atoms with Gasteiger partial charge in [0.2, 0.25) is 5.95 Å². The summed E-state index contributed by atoms with van der Waals surface area (Å²) >= 11 is 0. The van der Waals surface area contributed by atoms with E-state index in [0.717, 1.165) is 18.8 Å². The van der Waals surface area contributed by atoms with E-state index in [9.17, 15) is 21.6 Å². The van der Waals surface area contributed by atoms with E-state index >= 15 is 0 Å². The summed E-state index contributed by atoms with van der Waals surface area (Å²) < 4.78 is 61.8. The van der Waals surface area contributed by atoms with Crippen LogP contribution in [0.15, 0.2) is 18.6 Å². The lowest BCUT2D eigenvalue weighted by molar-refractivity contribution is -0.140. The lowest BCUT2D eigenvalue weighted by atomic mass is 10.1. The van der Waals surface area contributed by atoms with Gasteiger partial charge < -0.3 is 5.73 Å². The zero-order chi connectivity index (χ0) is 18.3. The van der Waals surface area contributed by atoms with Crippen LogP contribution in [0.4, 0.5) is 19.1 Å². The van der Waals surface area contributed by atoms with E-state index < -0.39 is 38.0 Å². The third-order valence-electron chi connectivity index (χ3n) is 3.56. The molecule has 0 saturated heterocycles. The topological polar surface area (TPSA) is 112 Å². The maximum Gasteiger partial charge on any atom is 0.434 e. The summed E-state index contributed by atoms with van der Waals surface area (Å²) in [6.45, 7) is 2.80. The molecule has 11 heteroatoms. The van der Waals surface area contributed by atoms with Gasteiger partial charge in [0.05, 0.1) is 11.4 Å². The van der Waals surface area contributed by atoms with E-state index in [1.807, 2.05) is 0 Å². The molecule has 0 saturated carbocycles. The molecule has 0 aliphatic rings. The zero-order valence-electron chi connectivity index (χ0n) is 13.0. The van der Waals surface area contributed by atoms with Crippen LogP contribution in [-0.4, -0.2) is 34.6 Å². The minimum atomic E-state index is -4.77. The largest absolute Gasteiger partial charge is 0.434 e. The molecule has 0 aliphatic heterocycles. The number of aromatic nitrogens is 4. The molecule has 2 aromatic rings. The van der Waals surface area contributed by atoms with Crippen molar-refractivity contribution in [3.05, 3.63) is 30.0 Å². The van der Waals surface area contributed by atoms with Crippen molar-refractivity contribution in [1.29, 1.82) is 0 Å². The molecular formula is C13H14F3N5O2S. The van der Waals surface area contributed by atoms with Gasteiger partial charge in [0.1, 0.15) is 11.1 Å². The molecule has 24 heavy (non-hydrogen) atoms. The van der Waals surface area contributed by atoms with Gasteiger partial charge in [-0.15, -0.1) is 0 Å². The number of nitrogen functional groups attached to an aromatic ring is 1. The summed E-state index contributed by atoms with van der Waals surface area (Å²) in [5.41, 5.74) is 3.47. The van der Waals surface area contributed by atoms with Crippen LogP contribution in [0.1, 0.15) is 25.2 Å². The van der Waals surface area contributed by atoms with Gasteiger partial charge in [-0.25, -0.2) is 28.4 Å². The number of nitrogens with two attached hydrogens (primary N) is 1. The Labute approximate surface area is 136 Å². The lowest BCUT2D eigenvalue weighted by Crippen LogP contribution is -2.29. The molecule has 0 amide bonds. The number of halogens is 3. The Balaban J connectivity index is 2.67. The van der Waals surface area contributed by atoms with Crippen LogP contribution < -0.4 is 5.73 Å². The number of anilines is 1. The standard InChI is InChI=1S/C13H14F3N5O2S/c1-12(2,24(3,22)23)9-4-8(19-6-20-9)7-5-18-11(17)21-10(7)13(14,15)16/h4-6H,1-3H3,(H2,17,18,21). The quantitative estimate of drug-likeness (QED) is 0.887. The Morgan fingerprint density at radius 2 is 1.75 bits per heavy atom. The van der Waals surface area contributed by atoms with Crippen molar-refractivity contribution in [2.45, 2.75) is 24.8 Å². The first-order valence-corrected chi connectivity index (χ1v) is 8.45. The Kier molecular flexibility index (Phi) is 4.25. The van der Waals surface area contributed by atoms with Crippen LogP contribution in [0, 0.1) is 0 Å². The molecule has 0 aliphatic carbocycles. The third kappa shape index (κ3) is 3.30. The molecule has 2 heterocycles. The first-order chi connectivity index (χ1) is 10.8. The van der Waals surface area contributed by atoms with Crippen LogP contribution in [0.25, 0.3) is 11.3 Å². The van der Waals surface area contributed by atoms with E-state index in [1.165, 1.54) is 19.9 Å². The number of alkyl halides is 3. The molecule has 0 aromatic carbocycles. The fourth-order valence-electron chi connectivity index (χ4n) is 1.82. The number of nitrogens with zero attached hydrogens (tertiary/aromatic N) is 4. The van der Waals surface area contributed by atoms with Gasteiger partial charge in [0, 0.05) is 18.0 Å². The third-order valence-corrected chi connectivity index (χ3v) is 5.63. The van der Waals surface area contributed by atoms with Gasteiger partial charge in [-0.2, -0.15) is 13.2 Å². The molecule has 2 aromatic heterocycles. The molecule has 7 nitrogen and oxygen atoms in total. The molecule has 2 rings (SSSR count). The van der Waals surface area contributed by atoms with Crippen molar-refractivity contribution >= 4 is 15.8 Å². The lowest BCUT2D eigenvalue weighted by Gasteiger charge is -2.22. The number of hydrogen-bond donors (Lipinski definition) is 1. The normalized spacial score (nSPS) is 13.1. The summed E-state index contributed by atoms with van der Waals surface area (Å²) in [7, 11) is -3.56. The minimum Gasteiger partial charge on any atom is -0.368 e. The first kappa shape index (κ1) is 18.0. The number of rotatable bonds is 3. The Morgan fingerprint density at radius 3 is 2.29 bits per heavy atom. The number of hydrogen-bond acceptors (Lipinski definition) is 7. The van der Waals surface area contributed by atoms with Crippen molar-refractivity contribution in [3.63, 3.8) is 0 Å². The predicted octanol–water partition coefficient (Wildman–Crippen LogP) is 1.81. The van der Waals surface area contributed by atoms with E-state index in [4.69, 9.17) is 5.73 Å². The second kappa shape index (κ2) is 5.65. The summed E-state index contributed by atoms with van der Waals surface area (Å²) in [5, 5.41) is 0. The van der Waals surface area contributed by atoms with Crippen molar-refractivity contribution in [2.24, 2.45) is 0 Å². The fourth-order valence-corrected chi connectivity index (χ4v) is 2.31. The van der Waals surface area contributed by atoms with Crippen molar-refractivity contribution in [1.82, 2.24) is 19.9 Å². The Morgan fingerprint density at radius 1 is 1.12 bits per heavy atom. The molecule has 0 radical (unpaired) electrons. The van der Waals surface area contributed by atoms with Crippen LogP contribution in [0.5, 0.6) is 0 Å². The molecule has 0 fully saturated rings. The maximum atomic E-state index is 13.2. The minimum absolute atomic E-state index is 0.0555. The molecule has 0 spiro atoms. The molecule has 130 valence electrons. The second-order valence-corrected chi connectivity index (χ2v) is 8.12. The molecule has 0 unspecified atom stereocenters. The van der Waals surface area contributed by atoms with Gasteiger partial charge in [-0.05, 0) is 19.9 Å². The summed E-state index contributed by atoms with van der Waals surface area (Å²) in [6.07, 6.45) is -1.87. The second-order valence-electron chi connectivity index (χ2n) is 5.56. The predicted molar refractivity (Wildman–Crippen MR) is 80.3 cm³/mol. The first-order valence-electron chi connectivity index (χ1n) is 6.56. The van der Waals surface area contributed by atoms with Crippen molar-refractivity contribution in [2.75, 3.05) is 12.0 Å². The molecule has 2 N–H and O–H groups in total. The zero-order valence-corrected chi connectivity index (χ0v) is 13.8. The maximum absolute atomic E-state index is 13.2. The summed E-state index contributed by atoms with van der Waals surface area (Å²) in [5.74, 6) is -0.531. The highest BCUT2D eigenvalue weighted by molar-refractivity contribution is 7.91. The summed E-state index contributed by atoms with van der Waals surface area (Å²) in [6, 6.07) is 1.17. The van der Waals surface area contributed by atoms with Gasteiger partial charge >= 0.3 is 6.18 Å². The van der Waals surface area contributed by atoms with Crippen LogP contribution in [0.3, 0.4) is 0 Å². The van der Waals surface area contributed by atoms with Gasteiger partial charge in [0.25, 0.3) is 0 Å². The Bertz CT molecular complexity index is 881.